The first-order chi connectivity index (χ1) is 16.8. The number of amides is 1. The van der Waals surface area contributed by atoms with Gasteiger partial charge in [-0.05, 0) is 55.7 Å². The maximum absolute atomic E-state index is 13.4. The Labute approximate surface area is 207 Å². The first-order valence-electron chi connectivity index (χ1n) is 11.4. The molecule has 0 unspecified atom stereocenters. The second-order valence-electron chi connectivity index (χ2n) is 8.01. The standard InChI is InChI=1S/C24H32N2O8S.H2/c1-4-5-16-33-17-6-8-18(9-7-17)34-19-12-14-26(15-13-19)35(29,30)21-11-10-20(31-2)23(32-3)22(21)24(27)25-28;/h6-11,19,28H,4-5,12-16H2,1-3H3,(H,25,27);1H. The lowest BCUT2D eigenvalue weighted by Gasteiger charge is -2.32. The Kier molecular flexibility index (Phi) is 9.19. The number of hydrogen-bond acceptors (Lipinski definition) is 8. The van der Waals surface area contributed by atoms with E-state index in [1.165, 1.54) is 36.1 Å². The Bertz CT molecular complexity index is 1100. The molecule has 0 aliphatic carbocycles. The number of carbonyl (C=O) groups is 1. The van der Waals surface area contributed by atoms with E-state index < -0.39 is 15.9 Å². The first-order valence-corrected chi connectivity index (χ1v) is 12.9. The molecule has 1 amide bonds. The largest absolute Gasteiger partial charge is 0.494 e. The lowest BCUT2D eigenvalue weighted by atomic mass is 10.1. The minimum atomic E-state index is -4.06. The molecule has 0 radical (unpaired) electrons. The monoisotopic (exact) mass is 510 g/mol. The fraction of sp³-hybridized carbons (Fsp3) is 0.458. The molecule has 2 aromatic rings. The predicted molar refractivity (Wildman–Crippen MR) is 130 cm³/mol. The molecule has 1 fully saturated rings. The van der Waals surface area contributed by atoms with E-state index in [0.29, 0.717) is 25.2 Å². The summed E-state index contributed by atoms with van der Waals surface area (Å²) in [6.45, 7) is 3.19. The Morgan fingerprint density at radius 3 is 2.31 bits per heavy atom. The molecular formula is C24H34N2O8S. The fourth-order valence-electron chi connectivity index (χ4n) is 3.87. The third kappa shape index (κ3) is 6.16. The highest BCUT2D eigenvalue weighted by atomic mass is 32.2. The van der Waals surface area contributed by atoms with E-state index in [1.54, 1.807) is 0 Å². The molecule has 1 aliphatic heterocycles. The third-order valence-corrected chi connectivity index (χ3v) is 7.69. The number of hydroxylamine groups is 1. The van der Waals surface area contributed by atoms with Gasteiger partial charge in [0.15, 0.2) is 11.5 Å². The number of piperidine rings is 1. The Morgan fingerprint density at radius 1 is 1.09 bits per heavy atom. The Balaban J connectivity index is 0.00000456. The summed E-state index contributed by atoms with van der Waals surface area (Å²) in [4.78, 5) is 12.1. The minimum absolute atomic E-state index is 0. The van der Waals surface area contributed by atoms with E-state index in [1.807, 2.05) is 24.3 Å². The molecule has 2 N–H and O–H groups in total. The number of hydrogen-bond donors (Lipinski definition) is 2. The number of nitrogens with one attached hydrogen (secondary N) is 1. The molecule has 0 aromatic heterocycles. The lowest BCUT2D eigenvalue weighted by molar-refractivity contribution is 0.0698. The van der Waals surface area contributed by atoms with Crippen LogP contribution in [0.1, 0.15) is 44.4 Å². The highest BCUT2D eigenvalue weighted by Gasteiger charge is 2.35. The van der Waals surface area contributed by atoms with Crippen molar-refractivity contribution in [1.29, 1.82) is 0 Å². The third-order valence-electron chi connectivity index (χ3n) is 5.75. The van der Waals surface area contributed by atoms with Crippen molar-refractivity contribution in [2.75, 3.05) is 33.9 Å². The van der Waals surface area contributed by atoms with Crippen LogP contribution in [0.3, 0.4) is 0 Å². The quantitative estimate of drug-likeness (QED) is 0.268. The Morgan fingerprint density at radius 2 is 1.74 bits per heavy atom. The van der Waals surface area contributed by atoms with Crippen molar-refractivity contribution in [3.8, 4) is 23.0 Å². The van der Waals surface area contributed by atoms with Crippen LogP contribution in [0.4, 0.5) is 0 Å². The summed E-state index contributed by atoms with van der Waals surface area (Å²) in [7, 11) is -1.41. The smallest absolute Gasteiger partial charge is 0.279 e. The minimum Gasteiger partial charge on any atom is -0.494 e. The lowest BCUT2D eigenvalue weighted by Crippen LogP contribution is -2.42. The van der Waals surface area contributed by atoms with E-state index >= 15 is 0 Å². The topological polar surface area (TPSA) is 124 Å². The van der Waals surface area contributed by atoms with Crippen molar-refractivity contribution in [3.05, 3.63) is 42.0 Å². The molecule has 1 aliphatic rings. The molecular weight excluding hydrogens is 476 g/mol. The van der Waals surface area contributed by atoms with Gasteiger partial charge in [0.25, 0.3) is 5.91 Å². The SMILES string of the molecule is CCCCOc1ccc(OC2CCN(S(=O)(=O)c3ccc(OC)c(OC)c3C(=O)NO)CC2)cc1.[HH]. The van der Waals surface area contributed by atoms with Crippen LogP contribution >= 0.6 is 0 Å². The molecule has 2 aromatic carbocycles. The molecule has 3 rings (SSSR count). The van der Waals surface area contributed by atoms with E-state index in [4.69, 9.17) is 18.9 Å². The van der Waals surface area contributed by atoms with E-state index in [0.717, 1.165) is 18.6 Å². The van der Waals surface area contributed by atoms with Gasteiger partial charge in [-0.2, -0.15) is 4.31 Å². The molecule has 0 bridgehead atoms. The number of sulfonamides is 1. The van der Waals surface area contributed by atoms with Gasteiger partial charge in [0, 0.05) is 14.5 Å². The van der Waals surface area contributed by atoms with E-state index in [2.05, 4.69) is 6.92 Å². The summed E-state index contributed by atoms with van der Waals surface area (Å²) in [6, 6.07) is 10.1. The zero-order valence-electron chi connectivity index (χ0n) is 20.2. The van der Waals surface area contributed by atoms with Crippen molar-refractivity contribution in [1.82, 2.24) is 9.79 Å². The first kappa shape index (κ1) is 26.6. The van der Waals surface area contributed by atoms with Gasteiger partial charge in [-0.15, -0.1) is 0 Å². The van der Waals surface area contributed by atoms with Crippen molar-refractivity contribution in [2.24, 2.45) is 0 Å². The van der Waals surface area contributed by atoms with E-state index in [-0.39, 0.29) is 42.6 Å². The zero-order chi connectivity index (χ0) is 25.4. The number of ether oxygens (including phenoxy) is 4. The zero-order valence-corrected chi connectivity index (χ0v) is 21.0. The summed E-state index contributed by atoms with van der Waals surface area (Å²) < 4.78 is 50.2. The number of unbranched alkanes of at least 4 members (excludes halogenated alkanes) is 1. The summed E-state index contributed by atoms with van der Waals surface area (Å²) in [6.07, 6.45) is 2.86. The van der Waals surface area contributed by atoms with Gasteiger partial charge in [0.2, 0.25) is 10.0 Å². The van der Waals surface area contributed by atoms with Crippen LogP contribution in [0.15, 0.2) is 41.3 Å². The normalized spacial score (nSPS) is 14.9. The van der Waals surface area contributed by atoms with Crippen LogP contribution < -0.4 is 24.4 Å². The summed E-state index contributed by atoms with van der Waals surface area (Å²) in [5.74, 6) is 0.541. The number of nitrogens with zero attached hydrogens (tertiary/aromatic N) is 1. The molecule has 35 heavy (non-hydrogen) atoms. The Hall–Kier alpha value is -3.02. The predicted octanol–water partition coefficient (Wildman–Crippen LogP) is 3.48. The van der Waals surface area contributed by atoms with Crippen LogP contribution in [-0.2, 0) is 10.0 Å². The molecule has 1 heterocycles. The van der Waals surface area contributed by atoms with Crippen LogP contribution in [0.25, 0.3) is 0 Å². The van der Waals surface area contributed by atoms with Gasteiger partial charge in [0.05, 0.1) is 25.7 Å². The maximum atomic E-state index is 13.4. The number of rotatable bonds is 11. The van der Waals surface area contributed by atoms with Gasteiger partial charge in [-0.25, -0.2) is 13.9 Å². The molecule has 0 spiro atoms. The van der Waals surface area contributed by atoms with Gasteiger partial charge >= 0.3 is 0 Å². The molecule has 1 saturated heterocycles. The van der Waals surface area contributed by atoms with Crippen LogP contribution in [-0.4, -0.2) is 63.9 Å². The molecule has 11 heteroatoms. The van der Waals surface area contributed by atoms with E-state index in [9.17, 15) is 18.4 Å². The number of benzene rings is 2. The average Bonchev–Trinajstić information content (AvgIpc) is 2.88. The molecule has 0 atom stereocenters. The number of carbonyl (C=O) groups excluding carboxylic acids is 1. The van der Waals surface area contributed by atoms with Crippen LogP contribution in [0, 0.1) is 0 Å². The van der Waals surface area contributed by atoms with Gasteiger partial charge in [-0.3, -0.25) is 10.0 Å². The highest BCUT2D eigenvalue weighted by molar-refractivity contribution is 7.89. The summed E-state index contributed by atoms with van der Waals surface area (Å²) >= 11 is 0. The summed E-state index contributed by atoms with van der Waals surface area (Å²) in [5.41, 5.74) is 1.16. The molecule has 194 valence electrons. The molecule has 10 nitrogen and oxygen atoms in total. The molecule has 0 saturated carbocycles. The van der Waals surface area contributed by atoms with Gasteiger partial charge < -0.3 is 18.9 Å². The second kappa shape index (κ2) is 12.1. The highest BCUT2D eigenvalue weighted by Crippen LogP contribution is 2.37. The fourth-order valence-corrected chi connectivity index (χ4v) is 5.52. The number of methoxy groups -OCH3 is 2. The maximum Gasteiger partial charge on any atom is 0.279 e. The van der Waals surface area contributed by atoms with Crippen molar-refractivity contribution >= 4 is 15.9 Å². The van der Waals surface area contributed by atoms with Crippen molar-refractivity contribution in [2.45, 2.75) is 43.6 Å². The van der Waals surface area contributed by atoms with Gasteiger partial charge in [0.1, 0.15) is 23.2 Å². The van der Waals surface area contributed by atoms with Gasteiger partial charge in [-0.1, -0.05) is 13.3 Å². The average molecular weight is 511 g/mol. The van der Waals surface area contributed by atoms with Crippen molar-refractivity contribution in [3.63, 3.8) is 0 Å². The second-order valence-corrected chi connectivity index (χ2v) is 9.92. The van der Waals surface area contributed by atoms with Crippen LogP contribution in [0.2, 0.25) is 0 Å². The summed E-state index contributed by atoms with van der Waals surface area (Å²) in [5, 5.41) is 9.19. The van der Waals surface area contributed by atoms with Crippen molar-refractivity contribution < 1.29 is 38.8 Å². The van der Waals surface area contributed by atoms with Crippen LogP contribution in [0.5, 0.6) is 23.0 Å².